The summed E-state index contributed by atoms with van der Waals surface area (Å²) in [5.41, 5.74) is 0. The molecule has 4 heteroatoms. The molecule has 1 aromatic rings. The zero-order valence-electron chi connectivity index (χ0n) is 10.8. The van der Waals surface area contributed by atoms with E-state index in [1.807, 2.05) is 24.1 Å². The van der Waals surface area contributed by atoms with Gasteiger partial charge >= 0.3 is 5.97 Å². The smallest absolute Gasteiger partial charge is 0.323 e. The van der Waals surface area contributed by atoms with Crippen molar-refractivity contribution in [3.63, 3.8) is 0 Å². The first kappa shape index (κ1) is 13.8. The van der Waals surface area contributed by atoms with Gasteiger partial charge in [0.25, 0.3) is 0 Å². The average Bonchev–Trinajstić information content (AvgIpc) is 2.81. The van der Waals surface area contributed by atoms with Crippen LogP contribution in [0.25, 0.3) is 0 Å². The molecule has 0 saturated heterocycles. The first-order valence-electron chi connectivity index (χ1n) is 5.99. The number of hydrogen-bond acceptors (Lipinski definition) is 4. The van der Waals surface area contributed by atoms with Crippen molar-refractivity contribution in [2.45, 2.75) is 38.8 Å². The second-order valence-electron chi connectivity index (χ2n) is 4.18. The molecule has 1 atom stereocenters. The van der Waals surface area contributed by atoms with E-state index in [-0.39, 0.29) is 12.0 Å². The lowest BCUT2D eigenvalue weighted by Gasteiger charge is -2.24. The van der Waals surface area contributed by atoms with Crippen LogP contribution in [0.1, 0.15) is 31.9 Å². The Balaban J connectivity index is 2.58. The maximum absolute atomic E-state index is 11.7. The van der Waals surface area contributed by atoms with Crippen LogP contribution in [0.2, 0.25) is 0 Å². The van der Waals surface area contributed by atoms with Gasteiger partial charge in [-0.1, -0.05) is 19.8 Å². The van der Waals surface area contributed by atoms with E-state index in [0.29, 0.717) is 6.54 Å². The summed E-state index contributed by atoms with van der Waals surface area (Å²) in [5, 5.41) is 0. The summed E-state index contributed by atoms with van der Waals surface area (Å²) in [7, 11) is 3.35. The predicted octanol–water partition coefficient (Wildman–Crippen LogP) is 2.44. The molecule has 0 radical (unpaired) electrons. The molecular weight excluding hydrogens is 218 g/mol. The number of rotatable bonds is 7. The third-order valence-corrected chi connectivity index (χ3v) is 2.82. The predicted molar refractivity (Wildman–Crippen MR) is 65.5 cm³/mol. The van der Waals surface area contributed by atoms with Gasteiger partial charge in [-0.15, -0.1) is 0 Å². The Labute approximate surface area is 103 Å². The van der Waals surface area contributed by atoms with Gasteiger partial charge < -0.3 is 9.15 Å². The Morgan fingerprint density at radius 1 is 1.59 bits per heavy atom. The molecule has 17 heavy (non-hydrogen) atoms. The fraction of sp³-hybridized carbons (Fsp3) is 0.615. The molecule has 4 nitrogen and oxygen atoms in total. The number of furan rings is 1. The molecule has 96 valence electrons. The lowest BCUT2D eigenvalue weighted by atomic mass is 10.1. The van der Waals surface area contributed by atoms with Gasteiger partial charge in [-0.25, -0.2) is 0 Å². The maximum atomic E-state index is 11.7. The molecule has 0 aliphatic rings. The van der Waals surface area contributed by atoms with Crippen molar-refractivity contribution in [1.82, 2.24) is 4.90 Å². The number of carbonyl (C=O) groups is 1. The number of carbonyl (C=O) groups excluding carboxylic acids is 1. The van der Waals surface area contributed by atoms with Gasteiger partial charge in [0.15, 0.2) is 0 Å². The second-order valence-corrected chi connectivity index (χ2v) is 4.18. The fourth-order valence-electron chi connectivity index (χ4n) is 1.81. The molecule has 0 spiro atoms. The van der Waals surface area contributed by atoms with Crippen molar-refractivity contribution in [1.29, 1.82) is 0 Å². The summed E-state index contributed by atoms with van der Waals surface area (Å²) < 4.78 is 10.1. The molecule has 0 fully saturated rings. The van der Waals surface area contributed by atoms with Crippen LogP contribution >= 0.6 is 0 Å². The highest BCUT2D eigenvalue weighted by Crippen LogP contribution is 2.13. The molecule has 0 amide bonds. The molecule has 1 unspecified atom stereocenters. The van der Waals surface area contributed by atoms with Crippen LogP contribution in [0.4, 0.5) is 0 Å². The largest absolute Gasteiger partial charge is 0.468 e. The van der Waals surface area contributed by atoms with Crippen molar-refractivity contribution in [2.75, 3.05) is 14.2 Å². The van der Waals surface area contributed by atoms with Crippen molar-refractivity contribution in [3.05, 3.63) is 24.2 Å². The van der Waals surface area contributed by atoms with Crippen molar-refractivity contribution < 1.29 is 13.9 Å². The fourth-order valence-corrected chi connectivity index (χ4v) is 1.81. The normalized spacial score (nSPS) is 12.7. The Hall–Kier alpha value is -1.29. The molecule has 0 saturated carbocycles. The van der Waals surface area contributed by atoms with Gasteiger partial charge in [0.1, 0.15) is 11.8 Å². The highest BCUT2D eigenvalue weighted by Gasteiger charge is 2.23. The monoisotopic (exact) mass is 239 g/mol. The van der Waals surface area contributed by atoms with E-state index < -0.39 is 0 Å². The number of ether oxygens (including phenoxy) is 1. The van der Waals surface area contributed by atoms with Crippen LogP contribution in [0, 0.1) is 0 Å². The van der Waals surface area contributed by atoms with Crippen LogP contribution in [-0.4, -0.2) is 31.1 Å². The molecule has 0 N–H and O–H groups in total. The van der Waals surface area contributed by atoms with E-state index in [4.69, 9.17) is 9.15 Å². The quantitative estimate of drug-likeness (QED) is 0.685. The van der Waals surface area contributed by atoms with Crippen molar-refractivity contribution >= 4 is 5.97 Å². The number of likely N-dealkylation sites (N-methyl/N-ethyl adjacent to an activating group) is 1. The zero-order valence-corrected chi connectivity index (χ0v) is 10.8. The molecule has 0 aliphatic carbocycles. The van der Waals surface area contributed by atoms with E-state index in [0.717, 1.165) is 25.0 Å². The highest BCUT2D eigenvalue weighted by atomic mass is 16.5. The van der Waals surface area contributed by atoms with Crippen LogP contribution in [-0.2, 0) is 16.1 Å². The number of unbranched alkanes of at least 4 members (excludes halogenated alkanes) is 1. The maximum Gasteiger partial charge on any atom is 0.323 e. The minimum absolute atomic E-state index is 0.174. The molecule has 0 bridgehead atoms. The van der Waals surface area contributed by atoms with Crippen molar-refractivity contribution in [3.8, 4) is 0 Å². The number of esters is 1. The lowest BCUT2D eigenvalue weighted by Crippen LogP contribution is -2.38. The van der Waals surface area contributed by atoms with E-state index in [9.17, 15) is 4.79 Å². The lowest BCUT2D eigenvalue weighted by molar-refractivity contribution is -0.147. The van der Waals surface area contributed by atoms with E-state index in [2.05, 4.69) is 6.92 Å². The number of hydrogen-bond donors (Lipinski definition) is 0. The number of nitrogens with zero attached hydrogens (tertiary/aromatic N) is 1. The third kappa shape index (κ3) is 4.23. The first-order chi connectivity index (χ1) is 8.19. The van der Waals surface area contributed by atoms with Crippen LogP contribution < -0.4 is 0 Å². The van der Waals surface area contributed by atoms with Gasteiger partial charge in [0.2, 0.25) is 0 Å². The second kappa shape index (κ2) is 7.12. The van der Waals surface area contributed by atoms with E-state index >= 15 is 0 Å². The molecule has 0 aromatic carbocycles. The van der Waals surface area contributed by atoms with Gasteiger partial charge in [0.05, 0.1) is 19.9 Å². The Morgan fingerprint density at radius 2 is 2.35 bits per heavy atom. The van der Waals surface area contributed by atoms with Gasteiger partial charge in [-0.3, -0.25) is 9.69 Å². The molecule has 1 heterocycles. The highest BCUT2D eigenvalue weighted by molar-refractivity contribution is 5.75. The Kier molecular flexibility index (Phi) is 5.77. The van der Waals surface area contributed by atoms with Crippen LogP contribution in [0.3, 0.4) is 0 Å². The molecule has 0 aliphatic heterocycles. The summed E-state index contributed by atoms with van der Waals surface area (Å²) in [6.45, 7) is 2.73. The van der Waals surface area contributed by atoms with Gasteiger partial charge in [0, 0.05) is 0 Å². The molecular formula is C13H21NO3. The first-order valence-corrected chi connectivity index (χ1v) is 5.99. The van der Waals surface area contributed by atoms with Crippen molar-refractivity contribution in [2.24, 2.45) is 0 Å². The topological polar surface area (TPSA) is 42.7 Å². The van der Waals surface area contributed by atoms with Crippen LogP contribution in [0.15, 0.2) is 22.8 Å². The Morgan fingerprint density at radius 3 is 2.88 bits per heavy atom. The molecule has 1 rings (SSSR count). The SMILES string of the molecule is CCCCC(C(=O)OC)N(C)Cc1ccco1. The third-order valence-electron chi connectivity index (χ3n) is 2.82. The van der Waals surface area contributed by atoms with Crippen LogP contribution in [0.5, 0.6) is 0 Å². The Bertz CT molecular complexity index is 321. The standard InChI is InChI=1S/C13H21NO3/c1-4-5-8-12(13(15)16-3)14(2)10-11-7-6-9-17-11/h6-7,9,12H,4-5,8,10H2,1-3H3. The summed E-state index contributed by atoms with van der Waals surface area (Å²) in [6.07, 6.45) is 4.55. The molecule has 1 aromatic heterocycles. The summed E-state index contributed by atoms with van der Waals surface area (Å²) in [4.78, 5) is 13.7. The average molecular weight is 239 g/mol. The number of methoxy groups -OCH3 is 1. The zero-order chi connectivity index (χ0) is 12.7. The minimum Gasteiger partial charge on any atom is -0.468 e. The van der Waals surface area contributed by atoms with Gasteiger partial charge in [-0.2, -0.15) is 0 Å². The van der Waals surface area contributed by atoms with E-state index in [1.54, 1.807) is 6.26 Å². The minimum atomic E-state index is -0.190. The van der Waals surface area contributed by atoms with Gasteiger partial charge in [-0.05, 0) is 25.6 Å². The summed E-state index contributed by atoms with van der Waals surface area (Å²) >= 11 is 0. The summed E-state index contributed by atoms with van der Waals surface area (Å²) in [6, 6.07) is 3.57. The summed E-state index contributed by atoms with van der Waals surface area (Å²) in [5.74, 6) is 0.686. The van der Waals surface area contributed by atoms with E-state index in [1.165, 1.54) is 7.11 Å².